The molecule has 1 heterocycles. The lowest BCUT2D eigenvalue weighted by molar-refractivity contribution is 0.621. The average Bonchev–Trinajstić information content (AvgIpc) is 2.29. The van der Waals surface area contributed by atoms with E-state index in [-0.39, 0.29) is 11.8 Å². The van der Waals surface area contributed by atoms with Crippen molar-refractivity contribution in [3.8, 4) is 0 Å². The van der Waals surface area contributed by atoms with Gasteiger partial charge in [-0.3, -0.25) is 0 Å². The molecule has 0 unspecified atom stereocenters. The van der Waals surface area contributed by atoms with Gasteiger partial charge in [0.05, 0.1) is 10.7 Å². The summed E-state index contributed by atoms with van der Waals surface area (Å²) in [5.41, 5.74) is 6.08. The zero-order valence-corrected chi connectivity index (χ0v) is 10.8. The topological polar surface area (TPSA) is 63.8 Å². The number of anilines is 3. The van der Waals surface area contributed by atoms with Gasteiger partial charge in [-0.15, -0.1) is 0 Å². The van der Waals surface area contributed by atoms with Crippen LogP contribution in [0.25, 0.3) is 0 Å². The molecule has 0 bridgehead atoms. The first-order valence-electron chi connectivity index (χ1n) is 4.56. The van der Waals surface area contributed by atoms with E-state index in [1.807, 2.05) is 0 Å². The molecule has 0 atom stereocenters. The number of hydrogen-bond acceptors (Lipinski definition) is 4. The molecule has 0 spiro atoms. The summed E-state index contributed by atoms with van der Waals surface area (Å²) >= 11 is 8.98. The molecule has 0 aliphatic rings. The largest absolute Gasteiger partial charge is 0.368 e. The van der Waals surface area contributed by atoms with Crippen LogP contribution in [0.1, 0.15) is 0 Å². The second kappa shape index (κ2) is 4.85. The van der Waals surface area contributed by atoms with Gasteiger partial charge in [0, 0.05) is 5.69 Å². The van der Waals surface area contributed by atoms with Crippen LogP contribution in [-0.2, 0) is 0 Å². The van der Waals surface area contributed by atoms with E-state index in [4.69, 9.17) is 17.3 Å². The number of nitrogens with zero attached hydrogens (tertiary/aromatic N) is 2. The monoisotopic (exact) mass is 316 g/mol. The number of nitrogens with one attached hydrogen (secondary N) is 1. The van der Waals surface area contributed by atoms with Gasteiger partial charge in [-0.05, 0) is 34.1 Å². The highest BCUT2D eigenvalue weighted by Gasteiger charge is 2.06. The van der Waals surface area contributed by atoms with Crippen molar-refractivity contribution >= 4 is 45.0 Å². The average molecular weight is 318 g/mol. The van der Waals surface area contributed by atoms with Crippen molar-refractivity contribution in [2.75, 3.05) is 11.1 Å². The molecule has 0 aliphatic carbocycles. The van der Waals surface area contributed by atoms with Crippen LogP contribution < -0.4 is 11.1 Å². The van der Waals surface area contributed by atoms with Crippen molar-refractivity contribution in [1.82, 2.24) is 9.97 Å². The summed E-state index contributed by atoms with van der Waals surface area (Å²) in [6, 6.07) is 4.46. The molecule has 0 saturated heterocycles. The first kappa shape index (κ1) is 12.1. The van der Waals surface area contributed by atoms with Gasteiger partial charge in [0.15, 0.2) is 5.82 Å². The van der Waals surface area contributed by atoms with Crippen molar-refractivity contribution in [1.29, 1.82) is 0 Å². The highest BCUT2D eigenvalue weighted by Crippen LogP contribution is 2.26. The summed E-state index contributed by atoms with van der Waals surface area (Å²) in [5.74, 6) is 0.139. The van der Waals surface area contributed by atoms with Gasteiger partial charge in [0.25, 0.3) is 0 Å². The van der Waals surface area contributed by atoms with Gasteiger partial charge in [0.2, 0.25) is 5.95 Å². The second-order valence-electron chi connectivity index (χ2n) is 3.18. The molecule has 0 fully saturated rings. The molecule has 4 nitrogen and oxygen atoms in total. The zero-order valence-electron chi connectivity index (χ0n) is 8.42. The Bertz CT molecular complexity index is 564. The Kier molecular flexibility index (Phi) is 3.44. The quantitative estimate of drug-likeness (QED) is 0.891. The van der Waals surface area contributed by atoms with Crippen LogP contribution in [0.4, 0.5) is 21.8 Å². The number of nitrogens with two attached hydrogens (primary N) is 1. The minimum Gasteiger partial charge on any atom is -0.368 e. The summed E-state index contributed by atoms with van der Waals surface area (Å²) in [5, 5.41) is 3.25. The van der Waals surface area contributed by atoms with Crippen LogP contribution in [-0.4, -0.2) is 9.97 Å². The van der Waals surface area contributed by atoms with E-state index in [1.54, 1.807) is 12.1 Å². The molecule has 0 amide bonds. The molecule has 7 heteroatoms. The lowest BCUT2D eigenvalue weighted by atomic mass is 10.3. The Morgan fingerprint density at radius 1 is 1.41 bits per heavy atom. The maximum atomic E-state index is 13.0. The molecule has 0 saturated carbocycles. The Hall–Kier alpha value is -1.40. The normalized spacial score (nSPS) is 10.3. The van der Waals surface area contributed by atoms with Crippen molar-refractivity contribution in [3.63, 3.8) is 0 Å². The van der Waals surface area contributed by atoms with Crippen LogP contribution in [0.3, 0.4) is 0 Å². The third kappa shape index (κ3) is 2.83. The number of nitrogen functional groups attached to an aromatic ring is 1. The summed E-state index contributed by atoms with van der Waals surface area (Å²) in [6.07, 6.45) is 1.39. The first-order valence-corrected chi connectivity index (χ1v) is 5.73. The molecule has 1 aromatic carbocycles. The first-order chi connectivity index (χ1) is 8.06. The Labute approximate surface area is 110 Å². The van der Waals surface area contributed by atoms with E-state index >= 15 is 0 Å². The van der Waals surface area contributed by atoms with Gasteiger partial charge in [-0.25, -0.2) is 9.37 Å². The second-order valence-corrected chi connectivity index (χ2v) is 4.44. The van der Waals surface area contributed by atoms with Gasteiger partial charge in [-0.2, -0.15) is 4.98 Å². The third-order valence-electron chi connectivity index (χ3n) is 1.95. The molecule has 17 heavy (non-hydrogen) atoms. The van der Waals surface area contributed by atoms with Crippen LogP contribution in [0, 0.1) is 5.82 Å². The van der Waals surface area contributed by atoms with Crippen molar-refractivity contribution < 1.29 is 4.39 Å². The summed E-state index contributed by atoms with van der Waals surface area (Å²) in [6.45, 7) is 0. The Balaban J connectivity index is 2.31. The fourth-order valence-electron chi connectivity index (χ4n) is 1.18. The number of aromatic nitrogens is 2. The van der Waals surface area contributed by atoms with Gasteiger partial charge in [-0.1, -0.05) is 11.6 Å². The predicted octanol–water partition coefficient (Wildman–Crippen LogP) is 3.36. The molecule has 88 valence electrons. The maximum absolute atomic E-state index is 13.0. The molecular weight excluding hydrogens is 310 g/mol. The summed E-state index contributed by atoms with van der Waals surface area (Å²) in [4.78, 5) is 7.67. The van der Waals surface area contributed by atoms with Crippen LogP contribution in [0.5, 0.6) is 0 Å². The van der Waals surface area contributed by atoms with Crippen LogP contribution in [0.15, 0.2) is 28.9 Å². The SMILES string of the molecule is Nc1ncc(Cl)c(Nc2ccc(F)c(Br)c2)n1. The van der Waals surface area contributed by atoms with Crippen LogP contribution >= 0.6 is 27.5 Å². The Morgan fingerprint density at radius 2 is 2.18 bits per heavy atom. The minimum atomic E-state index is -0.344. The van der Waals surface area contributed by atoms with Crippen molar-refractivity contribution in [2.24, 2.45) is 0 Å². The smallest absolute Gasteiger partial charge is 0.222 e. The van der Waals surface area contributed by atoms with E-state index in [1.165, 1.54) is 12.3 Å². The predicted molar refractivity (Wildman–Crippen MR) is 68.8 cm³/mol. The van der Waals surface area contributed by atoms with Gasteiger partial charge >= 0.3 is 0 Å². The lowest BCUT2D eigenvalue weighted by Gasteiger charge is -2.08. The van der Waals surface area contributed by atoms with Gasteiger partial charge < -0.3 is 11.1 Å². The third-order valence-corrected chi connectivity index (χ3v) is 2.83. The number of halogens is 3. The number of benzene rings is 1. The molecule has 0 aliphatic heterocycles. The number of hydrogen-bond donors (Lipinski definition) is 2. The minimum absolute atomic E-state index is 0.109. The molecule has 2 aromatic rings. The van der Waals surface area contributed by atoms with Crippen molar-refractivity contribution in [3.05, 3.63) is 39.7 Å². The number of rotatable bonds is 2. The summed E-state index contributed by atoms with van der Waals surface area (Å²) in [7, 11) is 0. The molecule has 3 N–H and O–H groups in total. The van der Waals surface area contributed by atoms with E-state index in [0.29, 0.717) is 21.0 Å². The standard InChI is InChI=1S/C10H7BrClFN4/c11-6-3-5(1-2-8(6)13)16-9-7(12)4-15-10(14)17-9/h1-4H,(H3,14,15,16,17). The van der Waals surface area contributed by atoms with Gasteiger partial charge in [0.1, 0.15) is 10.8 Å². The fourth-order valence-corrected chi connectivity index (χ4v) is 1.70. The zero-order chi connectivity index (χ0) is 12.4. The Morgan fingerprint density at radius 3 is 2.88 bits per heavy atom. The van der Waals surface area contributed by atoms with E-state index < -0.39 is 0 Å². The van der Waals surface area contributed by atoms with E-state index in [0.717, 1.165) is 0 Å². The molecule has 0 radical (unpaired) electrons. The van der Waals surface area contributed by atoms with E-state index in [9.17, 15) is 4.39 Å². The van der Waals surface area contributed by atoms with E-state index in [2.05, 4.69) is 31.2 Å². The summed E-state index contributed by atoms with van der Waals surface area (Å²) < 4.78 is 13.4. The lowest BCUT2D eigenvalue weighted by Crippen LogP contribution is -2.00. The van der Waals surface area contributed by atoms with Crippen molar-refractivity contribution in [2.45, 2.75) is 0 Å². The fraction of sp³-hybridized carbons (Fsp3) is 0. The van der Waals surface area contributed by atoms with Crippen LogP contribution in [0.2, 0.25) is 5.02 Å². The molecule has 2 rings (SSSR count). The highest BCUT2D eigenvalue weighted by molar-refractivity contribution is 9.10. The molecule has 1 aromatic heterocycles. The molecular formula is C10H7BrClFN4. The highest BCUT2D eigenvalue weighted by atomic mass is 79.9. The maximum Gasteiger partial charge on any atom is 0.222 e.